The Labute approximate surface area is 182 Å². The first-order valence-corrected chi connectivity index (χ1v) is 10.8. The molecule has 1 aliphatic heterocycles. The molecule has 1 atom stereocenters. The van der Waals surface area contributed by atoms with E-state index in [2.05, 4.69) is 17.1 Å². The Hall–Kier alpha value is -2.77. The van der Waals surface area contributed by atoms with Gasteiger partial charge in [0.15, 0.2) is 0 Å². The van der Waals surface area contributed by atoms with Crippen LogP contribution >= 0.6 is 0 Å². The summed E-state index contributed by atoms with van der Waals surface area (Å²) in [7, 11) is 1.62. The van der Waals surface area contributed by atoms with Gasteiger partial charge in [0, 0.05) is 43.9 Å². The van der Waals surface area contributed by atoms with E-state index >= 15 is 0 Å². The topological polar surface area (TPSA) is 58.9 Å². The number of hydrogen-bond donors (Lipinski definition) is 1. The Morgan fingerprint density at radius 1 is 1.29 bits per heavy atom. The second kappa shape index (κ2) is 8.77. The van der Waals surface area contributed by atoms with Crippen LogP contribution in [0.1, 0.15) is 34.1 Å². The first-order chi connectivity index (χ1) is 14.9. The Balaban J connectivity index is 1.81. The number of amides is 1. The highest BCUT2D eigenvalue weighted by molar-refractivity contribution is 5.95. The van der Waals surface area contributed by atoms with Gasteiger partial charge >= 0.3 is 0 Å². The molecule has 0 bridgehead atoms. The average molecular weight is 425 g/mol. The number of pyridine rings is 1. The Morgan fingerprint density at radius 3 is 2.81 bits per heavy atom. The lowest BCUT2D eigenvalue weighted by atomic mass is 9.99. The van der Waals surface area contributed by atoms with Crippen LogP contribution in [0.3, 0.4) is 0 Å². The van der Waals surface area contributed by atoms with Gasteiger partial charge in [0.25, 0.3) is 5.91 Å². The molecule has 1 aromatic carbocycles. The fourth-order valence-electron chi connectivity index (χ4n) is 4.24. The minimum absolute atomic E-state index is 0.0159. The number of hydrogen-bond acceptors (Lipinski definition) is 4. The van der Waals surface area contributed by atoms with E-state index in [4.69, 9.17) is 9.72 Å². The molecule has 1 aliphatic rings. The molecule has 164 valence electrons. The van der Waals surface area contributed by atoms with Crippen LogP contribution in [-0.4, -0.2) is 59.6 Å². The van der Waals surface area contributed by atoms with Crippen LogP contribution in [0.25, 0.3) is 16.9 Å². The first kappa shape index (κ1) is 21.5. The monoisotopic (exact) mass is 424 g/mol. The maximum absolute atomic E-state index is 14.5. The average Bonchev–Trinajstić information content (AvgIpc) is 3.10. The smallest absolute Gasteiger partial charge is 0.251 e. The van der Waals surface area contributed by atoms with Crippen molar-refractivity contribution in [3.8, 4) is 11.3 Å². The Bertz CT molecular complexity index is 1120. The third-order valence-electron chi connectivity index (χ3n) is 6.06. The van der Waals surface area contributed by atoms with E-state index in [0.717, 1.165) is 42.1 Å². The minimum atomic E-state index is -0.260. The number of ether oxygens (including phenoxy) is 1. The van der Waals surface area contributed by atoms with E-state index in [1.54, 1.807) is 26.1 Å². The standard InChI is InChI=1S/C24H29FN4O2/c1-5-28-8-9-31-18(13-28)12-21-23(27-22-11-16(3)20(25)14-29(21)22)19-7-6-17(10-15(19)2)24(30)26-4/h6-7,10-11,14,18H,5,8-9,12-13H2,1-4H3,(H,26,30)/t18-/m0/s1. The highest BCUT2D eigenvalue weighted by atomic mass is 19.1. The third-order valence-corrected chi connectivity index (χ3v) is 6.06. The zero-order valence-corrected chi connectivity index (χ0v) is 18.5. The zero-order chi connectivity index (χ0) is 22.1. The van der Waals surface area contributed by atoms with Crippen LogP contribution in [0.2, 0.25) is 0 Å². The predicted molar refractivity (Wildman–Crippen MR) is 119 cm³/mol. The second-order valence-corrected chi connectivity index (χ2v) is 8.14. The third kappa shape index (κ3) is 4.20. The predicted octanol–water partition coefficient (Wildman–Crippen LogP) is 3.38. The highest BCUT2D eigenvalue weighted by Gasteiger charge is 2.25. The molecule has 0 spiro atoms. The van der Waals surface area contributed by atoms with E-state index in [1.807, 2.05) is 23.5 Å². The van der Waals surface area contributed by atoms with Gasteiger partial charge < -0.3 is 14.5 Å². The molecule has 3 heterocycles. The molecule has 6 nitrogen and oxygen atoms in total. The van der Waals surface area contributed by atoms with E-state index in [0.29, 0.717) is 29.8 Å². The van der Waals surface area contributed by atoms with Crippen LogP contribution in [-0.2, 0) is 11.2 Å². The number of fused-ring (bicyclic) bond motifs is 1. The van der Waals surface area contributed by atoms with Crippen molar-refractivity contribution in [2.75, 3.05) is 33.3 Å². The van der Waals surface area contributed by atoms with E-state index in [-0.39, 0.29) is 17.8 Å². The molecule has 7 heteroatoms. The number of nitrogens with zero attached hydrogens (tertiary/aromatic N) is 3. The summed E-state index contributed by atoms with van der Waals surface area (Å²) < 4.78 is 22.4. The second-order valence-electron chi connectivity index (χ2n) is 8.14. The quantitative estimate of drug-likeness (QED) is 0.682. The molecular weight excluding hydrogens is 395 g/mol. The molecule has 31 heavy (non-hydrogen) atoms. The Morgan fingerprint density at radius 2 is 2.10 bits per heavy atom. The largest absolute Gasteiger partial charge is 0.375 e. The lowest BCUT2D eigenvalue weighted by Gasteiger charge is -2.32. The highest BCUT2D eigenvalue weighted by Crippen LogP contribution is 2.30. The summed E-state index contributed by atoms with van der Waals surface area (Å²) in [4.78, 5) is 19.3. The van der Waals surface area contributed by atoms with Crippen molar-refractivity contribution in [3.63, 3.8) is 0 Å². The number of benzene rings is 1. The molecular formula is C24H29FN4O2. The van der Waals surface area contributed by atoms with Crippen molar-refractivity contribution in [1.29, 1.82) is 0 Å². The fraction of sp³-hybridized carbons (Fsp3) is 0.417. The van der Waals surface area contributed by atoms with Crippen LogP contribution < -0.4 is 5.32 Å². The molecule has 4 rings (SSSR count). The van der Waals surface area contributed by atoms with Gasteiger partial charge in [-0.3, -0.25) is 9.69 Å². The van der Waals surface area contributed by atoms with E-state index in [1.165, 1.54) is 6.20 Å². The van der Waals surface area contributed by atoms with Crippen molar-refractivity contribution in [3.05, 3.63) is 58.7 Å². The number of nitrogens with one attached hydrogen (secondary N) is 1. The molecule has 0 saturated carbocycles. The van der Waals surface area contributed by atoms with Gasteiger partial charge in [-0.2, -0.15) is 0 Å². The van der Waals surface area contributed by atoms with Crippen LogP contribution in [0.4, 0.5) is 4.39 Å². The molecule has 0 radical (unpaired) electrons. The van der Waals surface area contributed by atoms with Crippen molar-refractivity contribution < 1.29 is 13.9 Å². The lowest BCUT2D eigenvalue weighted by molar-refractivity contribution is -0.0262. The number of morpholine rings is 1. The summed E-state index contributed by atoms with van der Waals surface area (Å²) in [5, 5.41) is 2.66. The number of likely N-dealkylation sites (N-methyl/N-ethyl adjacent to an activating group) is 1. The Kier molecular flexibility index (Phi) is 6.07. The summed E-state index contributed by atoms with van der Waals surface area (Å²) in [5.41, 5.74) is 5.49. The van der Waals surface area contributed by atoms with Gasteiger partial charge in [-0.1, -0.05) is 13.0 Å². The molecule has 2 aromatic heterocycles. The van der Waals surface area contributed by atoms with E-state index in [9.17, 15) is 9.18 Å². The van der Waals surface area contributed by atoms with Gasteiger partial charge in [-0.15, -0.1) is 0 Å². The van der Waals surface area contributed by atoms with Gasteiger partial charge in [-0.25, -0.2) is 9.37 Å². The number of carbonyl (C=O) groups excluding carboxylic acids is 1. The fourth-order valence-corrected chi connectivity index (χ4v) is 4.24. The summed E-state index contributed by atoms with van der Waals surface area (Å²) >= 11 is 0. The number of rotatable bonds is 5. The van der Waals surface area contributed by atoms with Crippen molar-refractivity contribution >= 4 is 11.6 Å². The van der Waals surface area contributed by atoms with Gasteiger partial charge in [0.1, 0.15) is 11.5 Å². The molecule has 1 N–H and O–H groups in total. The van der Waals surface area contributed by atoms with Crippen molar-refractivity contribution in [2.45, 2.75) is 33.3 Å². The van der Waals surface area contributed by atoms with Crippen molar-refractivity contribution in [1.82, 2.24) is 19.6 Å². The van der Waals surface area contributed by atoms with Crippen molar-refractivity contribution in [2.24, 2.45) is 0 Å². The number of imidazole rings is 1. The molecule has 0 aliphatic carbocycles. The number of aryl methyl sites for hydroxylation is 2. The lowest BCUT2D eigenvalue weighted by Crippen LogP contribution is -2.43. The first-order valence-electron chi connectivity index (χ1n) is 10.8. The molecule has 1 saturated heterocycles. The number of halogens is 1. The van der Waals surface area contributed by atoms with Gasteiger partial charge in [-0.05, 0) is 49.7 Å². The van der Waals surface area contributed by atoms with Crippen LogP contribution in [0, 0.1) is 19.7 Å². The molecule has 1 fully saturated rings. The number of aromatic nitrogens is 2. The molecule has 0 unspecified atom stereocenters. The van der Waals surface area contributed by atoms with E-state index < -0.39 is 0 Å². The van der Waals surface area contributed by atoms with Gasteiger partial charge in [0.05, 0.1) is 24.1 Å². The zero-order valence-electron chi connectivity index (χ0n) is 18.5. The maximum atomic E-state index is 14.5. The normalized spacial score (nSPS) is 17.3. The summed E-state index contributed by atoms with van der Waals surface area (Å²) in [5.74, 6) is -0.387. The maximum Gasteiger partial charge on any atom is 0.251 e. The minimum Gasteiger partial charge on any atom is -0.375 e. The molecule has 3 aromatic rings. The van der Waals surface area contributed by atoms with Crippen LogP contribution in [0.5, 0.6) is 0 Å². The molecule has 1 amide bonds. The summed E-state index contributed by atoms with van der Waals surface area (Å²) in [6, 6.07) is 7.37. The number of carbonyl (C=O) groups is 1. The SMILES string of the molecule is CCN1CCO[C@@H](Cc2c(-c3ccc(C(=O)NC)cc3C)nc3cc(C)c(F)cn23)C1. The van der Waals surface area contributed by atoms with Gasteiger partial charge in [0.2, 0.25) is 0 Å². The summed E-state index contributed by atoms with van der Waals surface area (Å²) in [6.07, 6.45) is 2.17. The summed E-state index contributed by atoms with van der Waals surface area (Å²) in [6.45, 7) is 9.31. The van der Waals surface area contributed by atoms with Crippen LogP contribution in [0.15, 0.2) is 30.5 Å².